The first-order chi connectivity index (χ1) is 42.6. The van der Waals surface area contributed by atoms with Gasteiger partial charge in [-0.2, -0.15) is 11.8 Å². The number of H-pyrrole nitrogens is 1. The number of aromatic nitrogens is 1. The lowest BCUT2D eigenvalue weighted by Gasteiger charge is -2.26. The molecule has 0 unspecified atom stereocenters. The number of primary amides is 4. The van der Waals surface area contributed by atoms with Crippen LogP contribution in [0.15, 0.2) is 85.1 Å². The zero-order chi connectivity index (χ0) is 66.6. The van der Waals surface area contributed by atoms with Gasteiger partial charge in [0.25, 0.3) is 0 Å². The van der Waals surface area contributed by atoms with E-state index in [1.807, 2.05) is 0 Å². The molecule has 3 aromatic carbocycles. The molecule has 0 saturated heterocycles. The molecule has 22 N–H and O–H groups in total. The van der Waals surface area contributed by atoms with Crippen molar-refractivity contribution in [3.63, 3.8) is 0 Å². The summed E-state index contributed by atoms with van der Waals surface area (Å²) in [5, 5.41) is 42.4. The third-order valence-electron chi connectivity index (χ3n) is 13.8. The van der Waals surface area contributed by atoms with Gasteiger partial charge in [0.05, 0.1) is 19.0 Å². The summed E-state index contributed by atoms with van der Waals surface area (Å²) in [6.07, 6.45) is -0.415. The van der Waals surface area contributed by atoms with Gasteiger partial charge >= 0.3 is 5.97 Å². The van der Waals surface area contributed by atoms with E-state index >= 15 is 0 Å². The Morgan fingerprint density at radius 1 is 0.500 bits per heavy atom. The van der Waals surface area contributed by atoms with Gasteiger partial charge in [-0.1, -0.05) is 60.7 Å². The monoisotopic (exact) mass is 1270 g/mol. The van der Waals surface area contributed by atoms with Crippen LogP contribution in [0.2, 0.25) is 0 Å². The van der Waals surface area contributed by atoms with Crippen LogP contribution in [0.3, 0.4) is 0 Å². The fourth-order valence-electron chi connectivity index (χ4n) is 8.89. The second-order valence-corrected chi connectivity index (χ2v) is 21.9. The number of nitrogens with one attached hydrogen (secondary N) is 10. The van der Waals surface area contributed by atoms with Crippen molar-refractivity contribution in [3.05, 3.63) is 102 Å². The quantitative estimate of drug-likeness (QED) is 0.0201. The third-order valence-corrected chi connectivity index (χ3v) is 14.4. The van der Waals surface area contributed by atoms with Crippen molar-refractivity contribution >= 4 is 105 Å². The highest BCUT2D eigenvalue weighted by atomic mass is 32.2. The first kappa shape index (κ1) is 72.4. The Morgan fingerprint density at radius 2 is 0.967 bits per heavy atom. The second kappa shape index (κ2) is 36.3. The SMILES string of the molecule is CSCC[C@H](NC(=O)[C@H](Cc1c[nH]c2ccccc12)NC(=O)CNC(=O)[C@H](Cc1ccc(O)cc1)NC(=O)[C@H](C)NC(=O)[C@@H](CCC(N)=O)NC(=O)[C@@H](CCC(N)=O)NC(=O)[C@H](N)CCC(N)=O)C(=O)N[C@@H](CC(=O)O)C(=O)N[C@@H](Cc1ccccc1)C(N)=O. The van der Waals surface area contributed by atoms with E-state index in [9.17, 15) is 77.3 Å². The number of phenolic OH excluding ortho intramolecular Hbond substituents is 1. The number of para-hydroxylation sites is 1. The summed E-state index contributed by atoms with van der Waals surface area (Å²) in [5.41, 5.74) is 29.4. The number of fused-ring (bicyclic) bond motifs is 1. The number of phenols is 1. The minimum atomic E-state index is -1.76. The Labute approximate surface area is 520 Å². The predicted molar refractivity (Wildman–Crippen MR) is 326 cm³/mol. The number of thioether (sulfide) groups is 1. The number of aromatic hydroxyl groups is 1. The molecule has 4 rings (SSSR count). The van der Waals surface area contributed by atoms with E-state index in [1.54, 1.807) is 67.0 Å². The van der Waals surface area contributed by atoms with Crippen LogP contribution >= 0.6 is 11.8 Å². The fourth-order valence-corrected chi connectivity index (χ4v) is 9.36. The van der Waals surface area contributed by atoms with Gasteiger partial charge in [0.1, 0.15) is 54.1 Å². The average Bonchev–Trinajstić information content (AvgIpc) is 1.85. The van der Waals surface area contributed by atoms with Gasteiger partial charge in [-0.25, -0.2) is 0 Å². The summed E-state index contributed by atoms with van der Waals surface area (Å²) in [6, 6.07) is 7.48. The maximum atomic E-state index is 14.5. The van der Waals surface area contributed by atoms with Gasteiger partial charge in [-0.15, -0.1) is 0 Å². The molecular formula is C58H77N15O16S. The molecule has 0 spiro atoms. The Morgan fingerprint density at radius 3 is 1.54 bits per heavy atom. The highest BCUT2D eigenvalue weighted by molar-refractivity contribution is 7.98. The minimum absolute atomic E-state index is 0.0556. The number of hydrogen-bond donors (Lipinski definition) is 17. The number of amides is 13. The summed E-state index contributed by atoms with van der Waals surface area (Å²) in [5.74, 6) is -13.7. The van der Waals surface area contributed by atoms with Crippen LogP contribution in [0.1, 0.15) is 75.0 Å². The van der Waals surface area contributed by atoms with Crippen LogP contribution in [-0.4, -0.2) is 171 Å². The number of benzene rings is 3. The van der Waals surface area contributed by atoms with Crippen molar-refractivity contribution < 1.29 is 77.3 Å². The molecule has 0 radical (unpaired) electrons. The molecule has 90 heavy (non-hydrogen) atoms. The van der Waals surface area contributed by atoms with Gasteiger partial charge in [-0.3, -0.25) is 67.1 Å². The van der Waals surface area contributed by atoms with Crippen molar-refractivity contribution in [1.82, 2.24) is 52.8 Å². The average molecular weight is 1270 g/mol. The van der Waals surface area contributed by atoms with Crippen LogP contribution in [-0.2, 0) is 86.4 Å². The maximum Gasteiger partial charge on any atom is 0.305 e. The van der Waals surface area contributed by atoms with Crippen LogP contribution in [0, 0.1) is 0 Å². The van der Waals surface area contributed by atoms with Crippen molar-refractivity contribution in [2.75, 3.05) is 18.6 Å². The smallest absolute Gasteiger partial charge is 0.305 e. The van der Waals surface area contributed by atoms with Gasteiger partial charge in [0, 0.05) is 55.6 Å². The normalized spacial score (nSPS) is 13.9. The second-order valence-electron chi connectivity index (χ2n) is 21.0. The van der Waals surface area contributed by atoms with E-state index in [0.29, 0.717) is 27.6 Å². The topological polar surface area (TPSA) is 534 Å². The largest absolute Gasteiger partial charge is 0.508 e. The Kier molecular flexibility index (Phi) is 29.2. The fraction of sp³-hybridized carbons (Fsp3) is 0.414. The van der Waals surface area contributed by atoms with E-state index in [-0.39, 0.29) is 56.4 Å². The molecule has 0 saturated carbocycles. The molecule has 486 valence electrons. The lowest BCUT2D eigenvalue weighted by molar-refractivity contribution is -0.141. The molecular weight excluding hydrogens is 1190 g/mol. The van der Waals surface area contributed by atoms with Gasteiger partial charge in [0.2, 0.25) is 76.8 Å². The number of carbonyl (C=O) groups excluding carboxylic acids is 13. The molecule has 31 nitrogen and oxygen atoms in total. The van der Waals surface area contributed by atoms with Crippen LogP contribution in [0.25, 0.3) is 10.9 Å². The van der Waals surface area contributed by atoms with E-state index in [0.717, 1.165) is 0 Å². The molecule has 4 aromatic rings. The number of carboxylic acids is 1. The van der Waals surface area contributed by atoms with E-state index in [1.165, 1.54) is 43.0 Å². The van der Waals surface area contributed by atoms with Gasteiger partial charge < -0.3 is 91.7 Å². The highest BCUT2D eigenvalue weighted by Gasteiger charge is 2.35. The van der Waals surface area contributed by atoms with Gasteiger partial charge in [0.15, 0.2) is 0 Å². The lowest BCUT2D eigenvalue weighted by Crippen LogP contribution is -2.59. The zero-order valence-corrected chi connectivity index (χ0v) is 50.2. The highest BCUT2D eigenvalue weighted by Crippen LogP contribution is 2.20. The molecule has 32 heteroatoms. The van der Waals surface area contributed by atoms with E-state index < -0.39 is 169 Å². The summed E-state index contributed by atoms with van der Waals surface area (Å²) < 4.78 is 0. The Bertz CT molecular complexity index is 3220. The molecule has 0 aliphatic rings. The number of carboxylic acid groups (broad SMARTS) is 1. The summed E-state index contributed by atoms with van der Waals surface area (Å²) in [4.78, 5) is 187. The number of aromatic amines is 1. The van der Waals surface area contributed by atoms with Crippen LogP contribution in [0.4, 0.5) is 0 Å². The number of nitrogens with two attached hydrogens (primary N) is 5. The summed E-state index contributed by atoms with van der Waals surface area (Å²) in [7, 11) is 0. The number of rotatable bonds is 39. The number of hydrogen-bond acceptors (Lipinski definition) is 17. The molecule has 0 bridgehead atoms. The molecule has 0 aliphatic carbocycles. The van der Waals surface area contributed by atoms with Crippen LogP contribution < -0.4 is 76.5 Å². The van der Waals surface area contributed by atoms with E-state index in [4.69, 9.17) is 28.7 Å². The molecule has 0 aliphatic heterocycles. The number of aliphatic carboxylic acids is 1. The first-order valence-corrected chi connectivity index (χ1v) is 29.7. The molecule has 1 aromatic heterocycles. The predicted octanol–water partition coefficient (Wildman–Crippen LogP) is -4.25. The summed E-state index contributed by atoms with van der Waals surface area (Å²) in [6.45, 7) is 0.381. The lowest BCUT2D eigenvalue weighted by atomic mass is 10.0. The standard InChI is InChI=1S/C58H77N15O16S/c1-30(66-54(85)38(17-20-46(61)76)69-55(86)39(18-21-47(62)77)68-52(83)36(59)16-19-45(60)75)51(82)72-42(25-32-12-14-34(74)15-13-32)53(84)65-29-48(78)67-43(26-33-28-64-37-11-7-6-10-35(33)37)57(88)70-40(22-23-90-2)56(87)73-44(27-49(79)80)58(89)71-41(50(63)81)24-31-8-4-3-5-9-31/h3-15,28,30,36,38-44,64,74H,16-27,29,59H2,1-2H3,(H2,60,75)(H2,61,76)(H2,62,77)(H2,63,81)(H,65,84)(H,66,85)(H,67,78)(H,68,83)(H,69,86)(H,70,88)(H,71,89)(H,72,82)(H,73,87)(H,79,80)/t30-,36+,38+,39+,40-,41-,42-,43-,44-/m0/s1. The van der Waals surface area contributed by atoms with Gasteiger partial charge in [-0.05, 0) is 79.5 Å². The van der Waals surface area contributed by atoms with Crippen LogP contribution in [0.5, 0.6) is 5.75 Å². The third kappa shape index (κ3) is 24.9. The molecule has 13 amide bonds. The van der Waals surface area contributed by atoms with E-state index in [2.05, 4.69) is 52.8 Å². The molecule has 0 fully saturated rings. The molecule has 1 heterocycles. The minimum Gasteiger partial charge on any atom is -0.508 e. The van der Waals surface area contributed by atoms with Crippen molar-refractivity contribution in [3.8, 4) is 5.75 Å². The molecule has 9 atom stereocenters. The summed E-state index contributed by atoms with van der Waals surface area (Å²) >= 11 is 1.29. The van der Waals surface area contributed by atoms with Crippen molar-refractivity contribution in [2.45, 2.75) is 132 Å². The van der Waals surface area contributed by atoms with Crippen molar-refractivity contribution in [2.24, 2.45) is 28.7 Å². The Hall–Kier alpha value is -10.1. The zero-order valence-electron chi connectivity index (χ0n) is 49.4. The number of carbonyl (C=O) groups is 14. The Balaban J connectivity index is 1.54. The first-order valence-electron chi connectivity index (χ1n) is 28.3. The van der Waals surface area contributed by atoms with Crippen molar-refractivity contribution in [1.29, 1.82) is 0 Å². The maximum absolute atomic E-state index is 14.5.